The fourth-order valence-electron chi connectivity index (χ4n) is 3.87. The van der Waals surface area contributed by atoms with Crippen molar-refractivity contribution in [3.8, 4) is 0 Å². The molecule has 0 fully saturated rings. The number of pyridine rings is 1. The zero-order valence-corrected chi connectivity index (χ0v) is 21.3. The molecule has 32 heavy (non-hydrogen) atoms. The molecule has 0 spiro atoms. The first kappa shape index (κ1) is 22.6. The van der Waals surface area contributed by atoms with Gasteiger partial charge in [0.05, 0.1) is 5.76 Å². The van der Waals surface area contributed by atoms with E-state index in [9.17, 15) is 4.79 Å². The predicted molar refractivity (Wildman–Crippen MR) is 133 cm³/mol. The average molecular weight is 633 g/mol. The van der Waals surface area contributed by atoms with Gasteiger partial charge in [0.15, 0.2) is 5.78 Å². The van der Waals surface area contributed by atoms with E-state index in [2.05, 4.69) is 60.7 Å². The van der Waals surface area contributed by atoms with Crippen LogP contribution >= 0.6 is 22.7 Å². The Hall–Kier alpha value is -2.63. The molecule has 3 heterocycles. The standard InChI is InChI=1S/C21H10NS2.C5H8O2.Ir/c1-2-5-13-12(4-1)8-9-14-20-19-17(10-11-22-20)23-15-6-3-7-16(18(15)19)24-21(13)14;1-4(6)3-5(2)7;/h1-8,10-11H;3,6H,1-2H3;/q-1;;/b;4-3-;. The third-order valence-corrected chi connectivity index (χ3v) is 7.34. The Labute approximate surface area is 206 Å². The molecule has 6 rings (SSSR count). The third-order valence-electron chi connectivity index (χ3n) is 5.04. The third kappa shape index (κ3) is 3.95. The molecule has 0 aliphatic heterocycles. The zero-order valence-electron chi connectivity index (χ0n) is 17.3. The van der Waals surface area contributed by atoms with Gasteiger partial charge >= 0.3 is 0 Å². The van der Waals surface area contributed by atoms with E-state index in [0.29, 0.717) is 0 Å². The van der Waals surface area contributed by atoms with Gasteiger partial charge in [-0.3, -0.25) is 4.79 Å². The van der Waals surface area contributed by atoms with Crippen molar-refractivity contribution in [2.45, 2.75) is 13.8 Å². The van der Waals surface area contributed by atoms with Crippen LogP contribution in [0, 0.1) is 6.07 Å². The van der Waals surface area contributed by atoms with E-state index in [1.54, 1.807) is 0 Å². The minimum absolute atomic E-state index is 0. The number of thiophene rings is 1. The summed E-state index contributed by atoms with van der Waals surface area (Å²) in [5.41, 5.74) is 1.07. The molecular formula is C26H18IrNO2S2-. The Bertz CT molecular complexity index is 1640. The van der Waals surface area contributed by atoms with Crippen molar-refractivity contribution in [2.75, 3.05) is 0 Å². The van der Waals surface area contributed by atoms with Gasteiger partial charge in [-0.15, -0.1) is 28.9 Å². The second-order valence-electron chi connectivity index (χ2n) is 7.34. The van der Waals surface area contributed by atoms with E-state index in [0.717, 1.165) is 10.9 Å². The molecule has 0 unspecified atom stereocenters. The summed E-state index contributed by atoms with van der Waals surface area (Å²) in [5, 5.41) is 14.6. The molecule has 3 nitrogen and oxygen atoms in total. The van der Waals surface area contributed by atoms with Gasteiger partial charge in [0.1, 0.15) is 0 Å². The average Bonchev–Trinajstić information content (AvgIpc) is 3.05. The van der Waals surface area contributed by atoms with Gasteiger partial charge in [-0.2, -0.15) is 11.3 Å². The zero-order chi connectivity index (χ0) is 21.5. The second-order valence-corrected chi connectivity index (χ2v) is 9.48. The first-order valence-electron chi connectivity index (χ1n) is 9.82. The molecule has 0 aliphatic rings. The molecule has 0 atom stereocenters. The minimum Gasteiger partial charge on any atom is -0.512 e. The number of aliphatic hydroxyl groups is 1. The Balaban J connectivity index is 0.000000271. The van der Waals surface area contributed by atoms with Crippen molar-refractivity contribution in [2.24, 2.45) is 0 Å². The van der Waals surface area contributed by atoms with Crippen molar-refractivity contribution in [1.82, 2.24) is 4.98 Å². The van der Waals surface area contributed by atoms with Crippen LogP contribution in [0.4, 0.5) is 0 Å². The van der Waals surface area contributed by atoms with Crippen LogP contribution in [0.5, 0.6) is 0 Å². The summed E-state index contributed by atoms with van der Waals surface area (Å²) < 4.78 is 5.22. The smallest absolute Gasteiger partial charge is 0.155 e. The van der Waals surface area contributed by atoms with Gasteiger partial charge in [0, 0.05) is 51.9 Å². The number of fused-ring (bicyclic) bond motifs is 4. The molecule has 6 heteroatoms. The predicted octanol–water partition coefficient (Wildman–Crippen LogP) is 7.81. The molecule has 0 saturated carbocycles. The maximum Gasteiger partial charge on any atom is 0.155 e. The number of hydrogen-bond donors (Lipinski definition) is 1. The number of hydrogen-bond acceptors (Lipinski definition) is 5. The van der Waals surface area contributed by atoms with E-state index in [-0.39, 0.29) is 31.6 Å². The number of rotatable bonds is 1. The van der Waals surface area contributed by atoms with Crippen molar-refractivity contribution in [3.63, 3.8) is 0 Å². The second kappa shape index (κ2) is 9.08. The van der Waals surface area contributed by atoms with Crippen LogP contribution in [0.2, 0.25) is 0 Å². The van der Waals surface area contributed by atoms with Crippen LogP contribution < -0.4 is 0 Å². The maximum atomic E-state index is 10.0. The van der Waals surface area contributed by atoms with Crippen LogP contribution in [0.1, 0.15) is 13.8 Å². The number of aromatic nitrogens is 1. The molecule has 0 bridgehead atoms. The maximum absolute atomic E-state index is 10.0. The first-order valence-corrected chi connectivity index (χ1v) is 11.5. The summed E-state index contributed by atoms with van der Waals surface area (Å²) in [7, 11) is 0. The Kier molecular flexibility index (Phi) is 6.40. The van der Waals surface area contributed by atoms with Gasteiger partial charge in [-0.25, -0.2) is 0 Å². The van der Waals surface area contributed by atoms with Crippen molar-refractivity contribution in [1.29, 1.82) is 0 Å². The Morgan fingerprint density at radius 3 is 2.41 bits per heavy atom. The number of nitrogens with zero attached hydrogens (tertiary/aromatic N) is 1. The minimum atomic E-state index is -0.125. The first-order chi connectivity index (χ1) is 15.0. The van der Waals surface area contributed by atoms with Gasteiger partial charge in [-0.05, 0) is 47.6 Å². The molecule has 1 radical (unpaired) electrons. The largest absolute Gasteiger partial charge is 0.512 e. The molecule has 0 saturated heterocycles. The number of carbonyl (C=O) groups excluding carboxylic acids is 1. The Morgan fingerprint density at radius 1 is 0.969 bits per heavy atom. The fourth-order valence-corrected chi connectivity index (χ4v) is 6.30. The van der Waals surface area contributed by atoms with E-state index in [4.69, 9.17) is 10.1 Å². The van der Waals surface area contributed by atoms with Crippen LogP contribution in [-0.2, 0) is 24.9 Å². The van der Waals surface area contributed by atoms with Crippen molar-refractivity contribution in [3.05, 3.63) is 78.7 Å². The monoisotopic (exact) mass is 633 g/mol. The van der Waals surface area contributed by atoms with Crippen molar-refractivity contribution < 1.29 is 30.0 Å². The molecular weight excluding hydrogens is 615 g/mol. The van der Waals surface area contributed by atoms with Crippen LogP contribution in [0.15, 0.2) is 72.6 Å². The molecule has 3 aromatic heterocycles. The van der Waals surface area contributed by atoms with Gasteiger partial charge in [-0.1, -0.05) is 41.1 Å². The summed E-state index contributed by atoms with van der Waals surface area (Å²) >= 11 is 3.70. The summed E-state index contributed by atoms with van der Waals surface area (Å²) in [6.45, 7) is 2.85. The number of benzene rings is 3. The van der Waals surface area contributed by atoms with E-state index in [1.807, 2.05) is 28.9 Å². The van der Waals surface area contributed by atoms with Crippen LogP contribution in [0.25, 0.3) is 51.2 Å². The summed E-state index contributed by atoms with van der Waals surface area (Å²) in [5.74, 6) is -0.0625. The summed E-state index contributed by atoms with van der Waals surface area (Å²) in [4.78, 5) is 14.8. The van der Waals surface area contributed by atoms with E-state index < -0.39 is 0 Å². The molecule has 0 amide bonds. The van der Waals surface area contributed by atoms with Crippen LogP contribution in [0.3, 0.4) is 0 Å². The Morgan fingerprint density at radius 2 is 1.69 bits per heavy atom. The topological polar surface area (TPSA) is 50.2 Å². The molecule has 6 aromatic rings. The number of aliphatic hydroxyl groups excluding tert-OH is 1. The normalized spacial score (nSPS) is 11.6. The van der Waals surface area contributed by atoms with Crippen LogP contribution in [-0.4, -0.2) is 15.9 Å². The van der Waals surface area contributed by atoms with Crippen molar-refractivity contribution >= 4 is 79.7 Å². The molecule has 1 N–H and O–H groups in total. The SMILES string of the molecule is CC(=O)/C=C(/C)O.[Ir].[c-]1cc2ccccc2c2sc3cccc4sc5ccnc(c12)c5c43. The number of ketones is 1. The van der Waals surface area contributed by atoms with E-state index >= 15 is 0 Å². The number of allylic oxidation sites excluding steroid dienone is 2. The molecule has 3 aromatic carbocycles. The molecule has 0 aliphatic carbocycles. The van der Waals surface area contributed by atoms with E-state index in [1.165, 1.54) is 60.3 Å². The number of carbonyl (C=O) groups is 1. The van der Waals surface area contributed by atoms with Gasteiger partial charge in [0.2, 0.25) is 0 Å². The van der Waals surface area contributed by atoms with Gasteiger partial charge < -0.3 is 10.1 Å². The summed E-state index contributed by atoms with van der Waals surface area (Å²) in [6.07, 6.45) is 3.09. The van der Waals surface area contributed by atoms with Gasteiger partial charge in [0.25, 0.3) is 0 Å². The fraction of sp³-hybridized carbons (Fsp3) is 0.0769. The molecule has 161 valence electrons. The quantitative estimate of drug-likeness (QED) is 0.114. The summed E-state index contributed by atoms with van der Waals surface area (Å²) in [6, 6.07) is 22.9.